The Kier molecular flexibility index (Phi) is 7.43. The quantitative estimate of drug-likeness (QED) is 0.661. The number of sulfonamides is 1. The van der Waals surface area contributed by atoms with Crippen molar-refractivity contribution in [2.75, 3.05) is 31.2 Å². The van der Waals surface area contributed by atoms with Gasteiger partial charge in [0.2, 0.25) is 15.9 Å². The molecular formula is C18H28N2O5S. The summed E-state index contributed by atoms with van der Waals surface area (Å²) in [5.74, 6) is 0.371. The van der Waals surface area contributed by atoms with E-state index in [1.165, 1.54) is 19.1 Å². The van der Waals surface area contributed by atoms with Crippen LogP contribution in [0, 0.1) is 0 Å². The van der Waals surface area contributed by atoms with Crippen LogP contribution >= 0.6 is 0 Å². The van der Waals surface area contributed by atoms with Crippen LogP contribution in [0.2, 0.25) is 0 Å². The molecule has 1 heterocycles. The first kappa shape index (κ1) is 20.7. The molecule has 26 heavy (non-hydrogen) atoms. The third-order valence-electron chi connectivity index (χ3n) is 4.08. The van der Waals surface area contributed by atoms with Gasteiger partial charge in [0.05, 0.1) is 17.1 Å². The highest BCUT2D eigenvalue weighted by molar-refractivity contribution is 7.89. The van der Waals surface area contributed by atoms with E-state index in [0.29, 0.717) is 44.2 Å². The fourth-order valence-electron chi connectivity index (χ4n) is 2.70. The molecule has 0 fully saturated rings. The Hall–Kier alpha value is -1.64. The summed E-state index contributed by atoms with van der Waals surface area (Å²) in [6.45, 7) is 7.34. The van der Waals surface area contributed by atoms with E-state index in [2.05, 4.69) is 11.6 Å². The molecule has 146 valence electrons. The van der Waals surface area contributed by atoms with Gasteiger partial charge in [-0.25, -0.2) is 13.1 Å². The number of amides is 1. The third kappa shape index (κ3) is 5.43. The maximum atomic E-state index is 12.5. The summed E-state index contributed by atoms with van der Waals surface area (Å²) in [5.41, 5.74) is 0.487. The highest BCUT2D eigenvalue weighted by atomic mass is 32.2. The van der Waals surface area contributed by atoms with Gasteiger partial charge in [0.25, 0.3) is 0 Å². The molecule has 1 aliphatic heterocycles. The molecule has 1 aliphatic rings. The van der Waals surface area contributed by atoms with Crippen molar-refractivity contribution in [1.29, 1.82) is 0 Å². The molecule has 0 saturated heterocycles. The number of carbonyl (C=O) groups is 1. The zero-order chi connectivity index (χ0) is 19.2. The van der Waals surface area contributed by atoms with Gasteiger partial charge >= 0.3 is 0 Å². The summed E-state index contributed by atoms with van der Waals surface area (Å²) in [7, 11) is -3.65. The van der Waals surface area contributed by atoms with Crippen molar-refractivity contribution < 1.29 is 22.7 Å². The fourth-order valence-corrected chi connectivity index (χ4v) is 3.79. The Labute approximate surface area is 155 Å². The Balaban J connectivity index is 2.02. The molecule has 1 aromatic rings. The minimum absolute atomic E-state index is 0.118. The first-order valence-electron chi connectivity index (χ1n) is 9.01. The van der Waals surface area contributed by atoms with Gasteiger partial charge < -0.3 is 14.4 Å². The van der Waals surface area contributed by atoms with E-state index in [1.54, 1.807) is 11.0 Å². The van der Waals surface area contributed by atoms with Gasteiger partial charge in [-0.2, -0.15) is 0 Å². The number of benzene rings is 1. The molecular weight excluding hydrogens is 356 g/mol. The van der Waals surface area contributed by atoms with E-state index >= 15 is 0 Å². The lowest BCUT2D eigenvalue weighted by atomic mass is 10.2. The molecule has 7 nitrogen and oxygen atoms in total. The molecule has 1 N–H and O–H groups in total. The van der Waals surface area contributed by atoms with E-state index in [0.717, 1.165) is 12.8 Å². The van der Waals surface area contributed by atoms with E-state index in [4.69, 9.17) is 9.47 Å². The van der Waals surface area contributed by atoms with Crippen molar-refractivity contribution >= 4 is 21.6 Å². The lowest BCUT2D eigenvalue weighted by Gasteiger charge is -2.33. The Morgan fingerprint density at radius 1 is 1.35 bits per heavy atom. The van der Waals surface area contributed by atoms with Crippen LogP contribution in [0.3, 0.4) is 0 Å². The second-order valence-corrected chi connectivity index (χ2v) is 8.17. The lowest BCUT2D eigenvalue weighted by Crippen LogP contribution is -2.41. The minimum Gasteiger partial charge on any atom is -0.487 e. The summed E-state index contributed by atoms with van der Waals surface area (Å²) < 4.78 is 38.7. The Morgan fingerprint density at radius 3 is 2.77 bits per heavy atom. The first-order valence-corrected chi connectivity index (χ1v) is 10.5. The van der Waals surface area contributed by atoms with Crippen LogP contribution in [0.1, 0.15) is 40.0 Å². The minimum atomic E-state index is -3.65. The van der Waals surface area contributed by atoms with Gasteiger partial charge in [0.1, 0.15) is 11.9 Å². The number of fused-ring (bicyclic) bond motifs is 1. The molecule has 1 unspecified atom stereocenters. The number of unbranched alkanes of at least 4 members (excludes halogenated alkanes) is 1. The topological polar surface area (TPSA) is 84.9 Å². The van der Waals surface area contributed by atoms with Gasteiger partial charge in [-0.05, 0) is 38.0 Å². The summed E-state index contributed by atoms with van der Waals surface area (Å²) >= 11 is 0. The van der Waals surface area contributed by atoms with Crippen LogP contribution in [0.5, 0.6) is 5.75 Å². The van der Waals surface area contributed by atoms with E-state index < -0.39 is 10.0 Å². The van der Waals surface area contributed by atoms with Gasteiger partial charge in [-0.1, -0.05) is 13.3 Å². The number of nitrogens with one attached hydrogen (secondary N) is 1. The standard InChI is InChI=1S/C18H28N2O5S/c1-4-5-10-24-11-6-9-19-26(22,23)16-7-8-18-17(12-16)20(15(3)21)13-14(2)25-18/h7-8,12,14,19H,4-6,9-11,13H2,1-3H3. The first-order chi connectivity index (χ1) is 12.3. The summed E-state index contributed by atoms with van der Waals surface area (Å²) in [4.78, 5) is 13.5. The fraction of sp³-hybridized carbons (Fsp3) is 0.611. The molecule has 0 saturated carbocycles. The van der Waals surface area contributed by atoms with Crippen molar-refractivity contribution in [1.82, 2.24) is 4.72 Å². The van der Waals surface area contributed by atoms with Gasteiger partial charge in [0, 0.05) is 26.7 Å². The molecule has 2 rings (SSSR count). The predicted molar refractivity (Wildman–Crippen MR) is 100 cm³/mol. The monoisotopic (exact) mass is 384 g/mol. The number of hydrogen-bond donors (Lipinski definition) is 1. The van der Waals surface area contributed by atoms with E-state index in [9.17, 15) is 13.2 Å². The third-order valence-corrected chi connectivity index (χ3v) is 5.54. The smallest absolute Gasteiger partial charge is 0.240 e. The van der Waals surface area contributed by atoms with Crippen LogP contribution in [-0.2, 0) is 19.6 Å². The average molecular weight is 384 g/mol. The maximum Gasteiger partial charge on any atom is 0.240 e. The average Bonchev–Trinajstić information content (AvgIpc) is 2.59. The van der Waals surface area contributed by atoms with Crippen molar-refractivity contribution in [3.05, 3.63) is 18.2 Å². The summed E-state index contributed by atoms with van der Waals surface area (Å²) in [6.07, 6.45) is 2.55. The van der Waals surface area contributed by atoms with E-state index in [1.807, 2.05) is 6.92 Å². The van der Waals surface area contributed by atoms with Crippen LogP contribution in [0.4, 0.5) is 5.69 Å². The van der Waals surface area contributed by atoms with Crippen molar-refractivity contribution in [3.8, 4) is 5.75 Å². The molecule has 1 aromatic carbocycles. The lowest BCUT2D eigenvalue weighted by molar-refractivity contribution is -0.117. The second-order valence-electron chi connectivity index (χ2n) is 6.40. The van der Waals surface area contributed by atoms with Crippen molar-refractivity contribution in [2.45, 2.75) is 51.0 Å². The van der Waals surface area contributed by atoms with Crippen LogP contribution in [-0.4, -0.2) is 46.7 Å². The predicted octanol–water partition coefficient (Wildman–Crippen LogP) is 2.31. The SMILES string of the molecule is CCCCOCCCNS(=O)(=O)c1ccc2c(c1)N(C(C)=O)CC(C)O2. The van der Waals surface area contributed by atoms with Crippen molar-refractivity contribution in [3.63, 3.8) is 0 Å². The molecule has 0 aromatic heterocycles. The highest BCUT2D eigenvalue weighted by Gasteiger charge is 2.27. The highest BCUT2D eigenvalue weighted by Crippen LogP contribution is 2.35. The number of rotatable bonds is 9. The Morgan fingerprint density at radius 2 is 2.08 bits per heavy atom. The van der Waals surface area contributed by atoms with Gasteiger partial charge in [0.15, 0.2) is 0 Å². The number of carbonyl (C=O) groups excluding carboxylic acids is 1. The molecule has 8 heteroatoms. The van der Waals surface area contributed by atoms with Crippen LogP contribution in [0.15, 0.2) is 23.1 Å². The molecule has 0 aliphatic carbocycles. The largest absolute Gasteiger partial charge is 0.487 e. The Bertz CT molecular complexity index is 720. The summed E-state index contributed by atoms with van der Waals surface area (Å²) in [6, 6.07) is 4.58. The number of ether oxygens (including phenoxy) is 2. The van der Waals surface area contributed by atoms with Crippen LogP contribution in [0.25, 0.3) is 0 Å². The second kappa shape index (κ2) is 9.34. The van der Waals surface area contributed by atoms with Gasteiger partial charge in [-0.15, -0.1) is 0 Å². The van der Waals surface area contributed by atoms with Gasteiger partial charge in [-0.3, -0.25) is 4.79 Å². The van der Waals surface area contributed by atoms with Crippen molar-refractivity contribution in [2.24, 2.45) is 0 Å². The van der Waals surface area contributed by atoms with E-state index in [-0.39, 0.29) is 16.9 Å². The molecule has 0 bridgehead atoms. The maximum absolute atomic E-state index is 12.5. The molecule has 1 amide bonds. The molecule has 1 atom stereocenters. The number of anilines is 1. The normalized spacial score (nSPS) is 16.9. The zero-order valence-electron chi connectivity index (χ0n) is 15.7. The number of nitrogens with zero attached hydrogens (tertiary/aromatic N) is 1. The molecule has 0 radical (unpaired) electrons. The zero-order valence-corrected chi connectivity index (χ0v) is 16.5. The molecule has 0 spiro atoms. The summed E-state index contributed by atoms with van der Waals surface area (Å²) in [5, 5.41) is 0. The number of hydrogen-bond acceptors (Lipinski definition) is 5. The van der Waals surface area contributed by atoms with Crippen LogP contribution < -0.4 is 14.4 Å².